The van der Waals surface area contributed by atoms with Gasteiger partial charge in [0.25, 0.3) is 5.56 Å². The largest absolute Gasteiger partial charge is 0.491 e. The third-order valence-corrected chi connectivity index (χ3v) is 7.92. The number of para-hydroxylation sites is 1. The standard InChI is InChI=1S/C32H32FN3O4S/c1-7-39-31(38)28-20(5)34-32-36(29(28)25-10-8-9-11-26(25)40-18(2)3)30(37)27(41-32)17-22-16-19(4)35(21(22)6)24-14-12-23(33)13-15-24/h8-18,29H,7H2,1-6H3/b27-17-/t29-/m1/s1. The number of allylic oxidation sites excluding steroid dienone is 1. The molecule has 2 aromatic heterocycles. The summed E-state index contributed by atoms with van der Waals surface area (Å²) in [7, 11) is 0. The zero-order valence-electron chi connectivity index (χ0n) is 23.9. The van der Waals surface area contributed by atoms with E-state index in [0.717, 1.165) is 22.6 Å². The van der Waals surface area contributed by atoms with Crippen molar-refractivity contribution in [3.63, 3.8) is 0 Å². The molecule has 0 saturated carbocycles. The van der Waals surface area contributed by atoms with Gasteiger partial charge in [0, 0.05) is 22.6 Å². The molecule has 0 radical (unpaired) electrons. The average Bonchev–Trinajstić information content (AvgIpc) is 3.38. The van der Waals surface area contributed by atoms with Crippen molar-refractivity contribution in [2.24, 2.45) is 4.99 Å². The molecule has 0 aliphatic carbocycles. The van der Waals surface area contributed by atoms with Gasteiger partial charge in [-0.25, -0.2) is 14.2 Å². The summed E-state index contributed by atoms with van der Waals surface area (Å²) in [5.74, 6) is -0.235. The molecule has 0 unspecified atom stereocenters. The van der Waals surface area contributed by atoms with E-state index in [2.05, 4.69) is 4.99 Å². The van der Waals surface area contributed by atoms with Crippen LogP contribution in [0, 0.1) is 19.7 Å². The lowest BCUT2D eigenvalue weighted by Crippen LogP contribution is -2.40. The Morgan fingerprint density at radius 1 is 1.12 bits per heavy atom. The normalized spacial score (nSPS) is 15.2. The number of nitrogens with zero attached hydrogens (tertiary/aromatic N) is 3. The van der Waals surface area contributed by atoms with Crippen LogP contribution in [0.4, 0.5) is 4.39 Å². The van der Waals surface area contributed by atoms with Gasteiger partial charge in [-0.15, -0.1) is 0 Å². The molecule has 7 nitrogen and oxygen atoms in total. The molecule has 212 valence electrons. The molecule has 0 N–H and O–H groups in total. The molecule has 0 saturated heterocycles. The minimum atomic E-state index is -0.769. The molecule has 0 spiro atoms. The van der Waals surface area contributed by atoms with Gasteiger partial charge in [0.1, 0.15) is 17.6 Å². The zero-order valence-corrected chi connectivity index (χ0v) is 24.7. The lowest BCUT2D eigenvalue weighted by molar-refractivity contribution is -0.139. The molecule has 1 aliphatic heterocycles. The van der Waals surface area contributed by atoms with Crippen molar-refractivity contribution in [3.05, 3.63) is 114 Å². The first-order chi connectivity index (χ1) is 19.6. The Morgan fingerprint density at radius 2 is 1.83 bits per heavy atom. The highest BCUT2D eigenvalue weighted by atomic mass is 32.1. The molecular formula is C32H32FN3O4S. The summed E-state index contributed by atoms with van der Waals surface area (Å²) in [6.45, 7) is 11.5. The number of carbonyl (C=O) groups excluding carboxylic acids is 1. The number of thiazole rings is 1. The van der Waals surface area contributed by atoms with E-state index >= 15 is 0 Å². The molecule has 9 heteroatoms. The van der Waals surface area contributed by atoms with E-state index in [0.29, 0.717) is 31.9 Å². The van der Waals surface area contributed by atoms with Gasteiger partial charge in [-0.3, -0.25) is 9.36 Å². The number of fused-ring (bicyclic) bond motifs is 1. The fourth-order valence-electron chi connectivity index (χ4n) is 5.22. The Morgan fingerprint density at radius 3 is 2.51 bits per heavy atom. The van der Waals surface area contributed by atoms with Crippen LogP contribution in [0.3, 0.4) is 0 Å². The number of hydrogen-bond acceptors (Lipinski definition) is 6. The van der Waals surface area contributed by atoms with Crippen molar-refractivity contribution in [2.75, 3.05) is 6.61 Å². The first kappa shape index (κ1) is 28.3. The van der Waals surface area contributed by atoms with Crippen molar-refractivity contribution in [1.29, 1.82) is 0 Å². The van der Waals surface area contributed by atoms with Crippen LogP contribution in [0.5, 0.6) is 5.75 Å². The number of halogens is 1. The highest BCUT2D eigenvalue weighted by Gasteiger charge is 2.35. The highest BCUT2D eigenvalue weighted by molar-refractivity contribution is 7.07. The molecule has 41 heavy (non-hydrogen) atoms. The van der Waals surface area contributed by atoms with Gasteiger partial charge in [0.2, 0.25) is 0 Å². The smallest absolute Gasteiger partial charge is 0.338 e. The molecule has 0 fully saturated rings. The van der Waals surface area contributed by atoms with Crippen LogP contribution in [0.25, 0.3) is 11.8 Å². The van der Waals surface area contributed by atoms with E-state index in [4.69, 9.17) is 9.47 Å². The molecule has 0 amide bonds. The number of benzene rings is 2. The van der Waals surface area contributed by atoms with Gasteiger partial charge in [-0.1, -0.05) is 29.5 Å². The van der Waals surface area contributed by atoms with Crippen molar-refractivity contribution < 1.29 is 18.7 Å². The lowest BCUT2D eigenvalue weighted by atomic mass is 9.95. The summed E-state index contributed by atoms with van der Waals surface area (Å²) in [5, 5.41) is 0. The third-order valence-electron chi connectivity index (χ3n) is 6.94. The van der Waals surface area contributed by atoms with Gasteiger partial charge < -0.3 is 14.0 Å². The molecule has 0 bridgehead atoms. The summed E-state index contributed by atoms with van der Waals surface area (Å²) in [5.41, 5.74) is 4.77. The molecule has 4 aromatic rings. The van der Waals surface area contributed by atoms with Crippen LogP contribution in [0.1, 0.15) is 56.3 Å². The predicted octanol–water partition coefficient (Wildman–Crippen LogP) is 5.13. The van der Waals surface area contributed by atoms with Gasteiger partial charge in [-0.2, -0.15) is 0 Å². The van der Waals surface area contributed by atoms with Crippen LogP contribution >= 0.6 is 11.3 Å². The van der Waals surface area contributed by atoms with E-state index in [9.17, 15) is 14.0 Å². The summed E-state index contributed by atoms with van der Waals surface area (Å²) >= 11 is 1.27. The Kier molecular flexibility index (Phi) is 7.82. The average molecular weight is 574 g/mol. The van der Waals surface area contributed by atoms with Crippen LogP contribution in [0.2, 0.25) is 0 Å². The second-order valence-electron chi connectivity index (χ2n) is 10.1. The highest BCUT2D eigenvalue weighted by Crippen LogP contribution is 2.36. The maximum Gasteiger partial charge on any atom is 0.338 e. The summed E-state index contributed by atoms with van der Waals surface area (Å²) in [6, 6.07) is 15.0. The fraction of sp³-hybridized carbons (Fsp3) is 0.281. The number of aryl methyl sites for hydroxylation is 1. The number of hydrogen-bond donors (Lipinski definition) is 0. The molecule has 1 aliphatic rings. The minimum absolute atomic E-state index is 0.112. The Balaban J connectivity index is 1.71. The van der Waals surface area contributed by atoms with Crippen molar-refractivity contribution in [1.82, 2.24) is 9.13 Å². The zero-order chi connectivity index (χ0) is 29.4. The van der Waals surface area contributed by atoms with Crippen molar-refractivity contribution in [3.8, 4) is 11.4 Å². The topological polar surface area (TPSA) is 74.8 Å². The van der Waals surface area contributed by atoms with Gasteiger partial charge >= 0.3 is 5.97 Å². The van der Waals surface area contributed by atoms with Crippen molar-refractivity contribution in [2.45, 2.75) is 53.7 Å². The second-order valence-corrected chi connectivity index (χ2v) is 11.2. The van der Waals surface area contributed by atoms with Crippen LogP contribution < -0.4 is 19.6 Å². The number of aromatic nitrogens is 2. The quantitative estimate of drug-likeness (QED) is 0.287. The summed E-state index contributed by atoms with van der Waals surface area (Å²) in [6.07, 6.45) is 1.74. The Labute approximate surface area is 241 Å². The van der Waals surface area contributed by atoms with E-state index in [1.165, 1.54) is 23.5 Å². The van der Waals surface area contributed by atoms with Gasteiger partial charge in [-0.05, 0) is 89.6 Å². The van der Waals surface area contributed by atoms with E-state index in [1.54, 1.807) is 30.5 Å². The molecule has 1 atom stereocenters. The number of ether oxygens (including phenoxy) is 2. The minimum Gasteiger partial charge on any atom is -0.491 e. The lowest BCUT2D eigenvalue weighted by Gasteiger charge is -2.26. The fourth-order valence-corrected chi connectivity index (χ4v) is 6.25. The first-order valence-electron chi connectivity index (χ1n) is 13.5. The second kappa shape index (κ2) is 11.3. The Hall–Kier alpha value is -4.24. The van der Waals surface area contributed by atoms with Gasteiger partial charge in [0.05, 0.1) is 28.5 Å². The SMILES string of the molecule is CCOC(=O)C1=C(C)N=c2s/c(=C\c3cc(C)n(-c4ccc(F)cc4)c3C)c(=O)n2[C@@H]1c1ccccc1OC(C)C. The van der Waals surface area contributed by atoms with Crippen LogP contribution in [-0.2, 0) is 9.53 Å². The third kappa shape index (κ3) is 5.29. The maximum absolute atomic E-state index is 14.1. The molecule has 3 heterocycles. The molecular weight excluding hydrogens is 541 g/mol. The predicted molar refractivity (Wildman–Crippen MR) is 158 cm³/mol. The van der Waals surface area contributed by atoms with E-state index in [1.807, 2.05) is 68.7 Å². The van der Waals surface area contributed by atoms with Crippen LogP contribution in [0.15, 0.2) is 75.7 Å². The van der Waals surface area contributed by atoms with Crippen LogP contribution in [-0.4, -0.2) is 27.8 Å². The Bertz CT molecular complexity index is 1840. The first-order valence-corrected chi connectivity index (χ1v) is 14.3. The monoisotopic (exact) mass is 573 g/mol. The van der Waals surface area contributed by atoms with Gasteiger partial charge in [0.15, 0.2) is 4.80 Å². The summed E-state index contributed by atoms with van der Waals surface area (Å²) in [4.78, 5) is 32.5. The number of carbonyl (C=O) groups is 1. The van der Waals surface area contributed by atoms with Crippen molar-refractivity contribution >= 4 is 23.4 Å². The molecule has 5 rings (SSSR count). The van der Waals surface area contributed by atoms with E-state index in [-0.39, 0.29) is 24.1 Å². The maximum atomic E-state index is 14.1. The van der Waals surface area contributed by atoms with E-state index < -0.39 is 12.0 Å². The summed E-state index contributed by atoms with van der Waals surface area (Å²) < 4.78 is 29.1. The number of esters is 1. The molecule has 2 aromatic carbocycles. The number of rotatable bonds is 7.